The van der Waals surface area contributed by atoms with Crippen molar-refractivity contribution in [2.75, 3.05) is 0 Å². The van der Waals surface area contributed by atoms with Crippen LogP contribution in [0.1, 0.15) is 6.85 Å². The van der Waals surface area contributed by atoms with E-state index in [9.17, 15) is 0 Å². The molecule has 0 amide bonds. The van der Waals surface area contributed by atoms with Crippen LogP contribution in [-0.4, -0.2) is 15.0 Å². The van der Waals surface area contributed by atoms with Crippen molar-refractivity contribution in [3.05, 3.63) is 212 Å². The third kappa shape index (κ3) is 6.21. The molecule has 10 aromatic rings. The molecule has 0 unspecified atom stereocenters. The van der Waals surface area contributed by atoms with E-state index in [4.69, 9.17) is 21.8 Å². The monoisotopic (exact) mass is 718 g/mol. The molecule has 0 spiro atoms. The normalized spacial score (nSPS) is 12.5. The summed E-state index contributed by atoms with van der Waals surface area (Å²) in [6.07, 6.45) is 0. The number of hydrogen-bond donors (Lipinski definition) is 0. The quantitative estimate of drug-likeness (QED) is 0.165. The van der Waals surface area contributed by atoms with Crippen molar-refractivity contribution in [1.82, 2.24) is 15.0 Å². The van der Waals surface area contributed by atoms with Gasteiger partial charge in [0.05, 0.1) is 6.85 Å². The third-order valence-corrected chi connectivity index (χ3v) is 10.3. The Morgan fingerprint density at radius 2 is 0.625 bits per heavy atom. The van der Waals surface area contributed by atoms with Gasteiger partial charge in [-0.3, -0.25) is 0 Å². The van der Waals surface area contributed by atoms with E-state index >= 15 is 0 Å². The van der Waals surface area contributed by atoms with E-state index in [1.807, 2.05) is 103 Å². The molecule has 0 fully saturated rings. The molecule has 0 radical (unpaired) electrons. The van der Waals surface area contributed by atoms with Crippen molar-refractivity contribution in [2.45, 2.75) is 0 Å². The fourth-order valence-corrected chi connectivity index (χ4v) is 7.53. The fraction of sp³-hybridized carbons (Fsp3) is 0. The Kier molecular flexibility index (Phi) is 7.20. The molecular formula is C53H35N3. The molecule has 0 saturated heterocycles. The van der Waals surface area contributed by atoms with Gasteiger partial charge in [-0.15, -0.1) is 0 Å². The lowest BCUT2D eigenvalue weighted by atomic mass is 9.91. The van der Waals surface area contributed by atoms with E-state index in [0.717, 1.165) is 71.6 Å². The van der Waals surface area contributed by atoms with Crippen LogP contribution >= 0.6 is 0 Å². The molecule has 0 aliphatic heterocycles. The SMILES string of the molecule is [2H]c1c([2H])c([2H])c(-c2ccc(-c3ccc(-c4nc(-c5ccccc5)nc(-c5ccc6c(-c7ccccc7)ccc(-c7ccccc7)c6c5)n4)cc3)c3ccccc23)c([2H])c1[2H]. The summed E-state index contributed by atoms with van der Waals surface area (Å²) in [5.74, 6) is 1.67. The molecule has 1 heterocycles. The minimum Gasteiger partial charge on any atom is -0.208 e. The zero-order chi connectivity index (χ0) is 41.6. The molecule has 0 N–H and O–H groups in total. The Bertz CT molecular complexity index is 3260. The first-order valence-corrected chi connectivity index (χ1v) is 18.5. The van der Waals surface area contributed by atoms with Crippen LogP contribution < -0.4 is 0 Å². The highest BCUT2D eigenvalue weighted by molar-refractivity contribution is 6.07. The lowest BCUT2D eigenvalue weighted by Gasteiger charge is -2.14. The second kappa shape index (κ2) is 14.4. The van der Waals surface area contributed by atoms with Crippen molar-refractivity contribution in [3.63, 3.8) is 0 Å². The van der Waals surface area contributed by atoms with Gasteiger partial charge in [0.15, 0.2) is 17.5 Å². The first kappa shape index (κ1) is 28.0. The summed E-state index contributed by atoms with van der Waals surface area (Å²) in [6, 6.07) is 59.8. The van der Waals surface area contributed by atoms with Gasteiger partial charge in [0, 0.05) is 16.7 Å². The lowest BCUT2D eigenvalue weighted by molar-refractivity contribution is 1.07. The van der Waals surface area contributed by atoms with Crippen LogP contribution in [0.15, 0.2) is 212 Å². The average Bonchev–Trinajstić information content (AvgIpc) is 3.33. The van der Waals surface area contributed by atoms with Crippen molar-refractivity contribution < 1.29 is 6.85 Å². The van der Waals surface area contributed by atoms with Crippen LogP contribution in [0.5, 0.6) is 0 Å². The topological polar surface area (TPSA) is 38.7 Å². The molecule has 0 aliphatic rings. The van der Waals surface area contributed by atoms with Crippen molar-refractivity contribution in [3.8, 4) is 78.7 Å². The lowest BCUT2D eigenvalue weighted by Crippen LogP contribution is -2.00. The highest BCUT2D eigenvalue weighted by Gasteiger charge is 2.16. The van der Waals surface area contributed by atoms with Crippen molar-refractivity contribution in [1.29, 1.82) is 0 Å². The summed E-state index contributed by atoms with van der Waals surface area (Å²) in [7, 11) is 0. The second-order valence-electron chi connectivity index (χ2n) is 13.6. The molecule has 3 nitrogen and oxygen atoms in total. The molecule has 56 heavy (non-hydrogen) atoms. The van der Waals surface area contributed by atoms with Crippen LogP contribution in [0, 0.1) is 0 Å². The van der Waals surface area contributed by atoms with Crippen LogP contribution in [0.25, 0.3) is 100 Å². The van der Waals surface area contributed by atoms with Crippen LogP contribution in [-0.2, 0) is 0 Å². The first-order chi connectivity index (χ1) is 29.8. The van der Waals surface area contributed by atoms with Crippen LogP contribution in [0.3, 0.4) is 0 Å². The van der Waals surface area contributed by atoms with Crippen LogP contribution in [0.4, 0.5) is 0 Å². The highest BCUT2D eigenvalue weighted by Crippen LogP contribution is 2.39. The zero-order valence-corrected chi connectivity index (χ0v) is 30.2. The molecule has 3 heteroatoms. The summed E-state index contributed by atoms with van der Waals surface area (Å²) in [5, 5.41) is 3.93. The minimum atomic E-state index is -0.409. The average molecular weight is 719 g/mol. The van der Waals surface area contributed by atoms with Gasteiger partial charge in [-0.1, -0.05) is 206 Å². The summed E-state index contributed by atoms with van der Waals surface area (Å²) in [4.78, 5) is 15.2. The third-order valence-electron chi connectivity index (χ3n) is 10.3. The Hall–Kier alpha value is -7.49. The largest absolute Gasteiger partial charge is 0.208 e. The molecule has 0 aliphatic carbocycles. The van der Waals surface area contributed by atoms with Gasteiger partial charge in [-0.25, -0.2) is 15.0 Å². The van der Waals surface area contributed by atoms with Crippen LogP contribution in [0.2, 0.25) is 0 Å². The Balaban J connectivity index is 1.09. The van der Waals surface area contributed by atoms with E-state index in [-0.39, 0.29) is 29.7 Å². The van der Waals surface area contributed by atoms with Gasteiger partial charge in [-0.05, 0) is 72.1 Å². The van der Waals surface area contributed by atoms with E-state index < -0.39 is 6.04 Å². The van der Waals surface area contributed by atoms with Crippen molar-refractivity contribution >= 4 is 21.5 Å². The predicted octanol–water partition coefficient (Wildman–Crippen LogP) is 13.8. The van der Waals surface area contributed by atoms with E-state index in [1.54, 1.807) is 0 Å². The molecular weight excluding hydrogens is 679 g/mol. The van der Waals surface area contributed by atoms with Crippen molar-refractivity contribution in [2.24, 2.45) is 0 Å². The number of rotatable bonds is 7. The van der Waals surface area contributed by atoms with Gasteiger partial charge in [0.2, 0.25) is 0 Å². The van der Waals surface area contributed by atoms with Gasteiger partial charge in [0.1, 0.15) is 0 Å². The molecule has 1 aromatic heterocycles. The number of nitrogens with zero attached hydrogens (tertiary/aromatic N) is 3. The van der Waals surface area contributed by atoms with Gasteiger partial charge in [0.25, 0.3) is 0 Å². The Labute approximate surface area is 333 Å². The number of benzene rings is 9. The molecule has 262 valence electrons. The van der Waals surface area contributed by atoms with Gasteiger partial charge >= 0.3 is 0 Å². The predicted molar refractivity (Wildman–Crippen MR) is 233 cm³/mol. The maximum absolute atomic E-state index is 8.64. The van der Waals surface area contributed by atoms with E-state index in [0.29, 0.717) is 23.0 Å². The highest BCUT2D eigenvalue weighted by atomic mass is 15.0. The summed E-state index contributed by atoms with van der Waals surface area (Å²) in [6.45, 7) is 0. The standard InChI is InChI=1S/C53H35N3/c1-5-15-36(16-6-1)43-31-32-45(48-24-14-13-23-47(43)48)39-25-27-41(28-26-39)52-54-51(40-21-11-4-12-22-40)55-53(56-52)42-29-30-49-44(37-17-7-2-8-18-37)33-34-46(50(49)35-42)38-19-9-3-10-20-38/h1-35H/i1D,5D,6D,15D,16D. The Morgan fingerprint density at radius 3 is 1.16 bits per heavy atom. The Morgan fingerprint density at radius 1 is 0.268 bits per heavy atom. The molecule has 0 bridgehead atoms. The zero-order valence-electron chi connectivity index (χ0n) is 35.2. The number of aromatic nitrogens is 3. The summed E-state index contributed by atoms with van der Waals surface area (Å²) >= 11 is 0. The van der Waals surface area contributed by atoms with E-state index in [1.165, 1.54) is 0 Å². The second-order valence-corrected chi connectivity index (χ2v) is 13.6. The van der Waals surface area contributed by atoms with E-state index in [2.05, 4.69) is 78.9 Å². The molecule has 9 aromatic carbocycles. The van der Waals surface area contributed by atoms with Gasteiger partial charge in [-0.2, -0.15) is 0 Å². The smallest absolute Gasteiger partial charge is 0.164 e. The summed E-state index contributed by atoms with van der Waals surface area (Å²) in [5.41, 5.74) is 9.79. The maximum Gasteiger partial charge on any atom is 0.164 e. The number of fused-ring (bicyclic) bond motifs is 2. The first-order valence-electron chi connectivity index (χ1n) is 21.0. The minimum absolute atomic E-state index is 0.184. The molecule has 0 saturated carbocycles. The number of hydrogen-bond acceptors (Lipinski definition) is 3. The summed E-state index contributed by atoms with van der Waals surface area (Å²) < 4.78 is 41.9. The van der Waals surface area contributed by atoms with Gasteiger partial charge < -0.3 is 0 Å². The molecule has 0 atom stereocenters. The maximum atomic E-state index is 8.64. The fourth-order valence-electron chi connectivity index (χ4n) is 7.53. The molecule has 10 rings (SSSR count).